The topological polar surface area (TPSA) is 0 Å². The standard InChI is InChI=1S/C114H70/c1-67-69-35-3-7-39-73(69)101(74-40-8-4-36-70(67)74)103-77-43-11-15-47-81(77)105(82-48-16-12-44-78(82)103)107-85-51-19-23-55-89(85)109(90-56-24-20-52-86(90)107)111-93-59-27-31-63-97(93)113(98-64-32-28-60-94(98)111)114-99-65-33-29-61-95(99)112(96-62-30-34-66-100(96)114)110-91-57-25-21-53-87(91)108(88-54-22-26-58-92(88)110)106-83-49-17-13-45-79(83)104(80-46-14-18-50-84(80)106)102-75-41-9-5-37-71(75)68(2)72-38-6-10-42-76(72)102/h3-66H,1-2H3. The molecular weight excluding hydrogens is 1370 g/mol. The van der Waals surface area contributed by atoms with E-state index in [0.717, 1.165) is 0 Å². The number of fused-ring (bicyclic) bond motifs is 16. The van der Waals surface area contributed by atoms with Crippen molar-refractivity contribution in [1.82, 2.24) is 0 Å². The predicted octanol–water partition coefficient (Wildman–Crippen LogP) is 32.4. The van der Waals surface area contributed by atoms with Gasteiger partial charge in [0.05, 0.1) is 0 Å². The first-order valence-corrected chi connectivity index (χ1v) is 40.0. The van der Waals surface area contributed by atoms with Crippen molar-refractivity contribution in [2.75, 3.05) is 0 Å². The molecule has 0 saturated heterocycles. The lowest BCUT2D eigenvalue weighted by atomic mass is 9.77. The van der Waals surface area contributed by atoms with Gasteiger partial charge >= 0.3 is 0 Å². The third kappa shape index (κ3) is 8.99. The second kappa shape index (κ2) is 25.0. The quantitative estimate of drug-likeness (QED) is 0.140. The number of hydrogen-bond acceptors (Lipinski definition) is 0. The Bertz CT molecular complexity index is 7370. The van der Waals surface area contributed by atoms with Crippen LogP contribution in [-0.2, 0) is 0 Å². The summed E-state index contributed by atoms with van der Waals surface area (Å²) >= 11 is 0. The fraction of sp³-hybridized carbons (Fsp3) is 0.0175. The minimum Gasteiger partial charge on any atom is -0.0616 e. The molecule has 0 atom stereocenters. The molecule has 0 saturated carbocycles. The lowest BCUT2D eigenvalue weighted by molar-refractivity contribution is 1.58. The molecule has 0 fully saturated rings. The van der Waals surface area contributed by atoms with Crippen molar-refractivity contribution < 1.29 is 0 Å². The maximum absolute atomic E-state index is 2.40. The van der Waals surface area contributed by atoms with Crippen LogP contribution in [0.3, 0.4) is 0 Å². The molecule has 0 nitrogen and oxygen atoms in total. The van der Waals surface area contributed by atoms with E-state index in [2.05, 4.69) is 402 Å². The number of benzene rings is 24. The SMILES string of the molecule is Cc1c2ccccc2c(-c2c3ccccc3c(-c3c4ccccc4c(-c4c5ccccc5c(-c5c6ccccc6c(-c6c7ccccc7c(-c7c8ccccc8c(-c8c9ccccc9c(C)c9ccccc89)c8ccccc78)c7ccccc67)c6ccccc56)c5ccccc45)c4ccccc34)c3ccccc23)c2ccccc12. The van der Waals surface area contributed by atoms with Gasteiger partial charge in [0, 0.05) is 0 Å². The van der Waals surface area contributed by atoms with Crippen molar-refractivity contribution in [3.63, 3.8) is 0 Å². The third-order valence-corrected chi connectivity index (χ3v) is 25.7. The van der Waals surface area contributed by atoms with Gasteiger partial charge < -0.3 is 0 Å². The summed E-state index contributed by atoms with van der Waals surface area (Å²) in [5.41, 5.74) is 20.2. The molecule has 526 valence electrons. The summed E-state index contributed by atoms with van der Waals surface area (Å²) in [6.45, 7) is 4.57. The van der Waals surface area contributed by atoms with Crippen molar-refractivity contribution in [2.45, 2.75) is 13.8 Å². The first kappa shape index (κ1) is 64.3. The number of rotatable bonds is 7. The lowest BCUT2D eigenvalue weighted by Crippen LogP contribution is -1.98. The zero-order valence-electron chi connectivity index (χ0n) is 63.0. The van der Waals surface area contributed by atoms with Crippen molar-refractivity contribution in [1.29, 1.82) is 0 Å². The van der Waals surface area contributed by atoms with E-state index in [0.29, 0.717) is 0 Å². The molecule has 0 aliphatic heterocycles. The summed E-state index contributed by atoms with van der Waals surface area (Å²) in [7, 11) is 0. The van der Waals surface area contributed by atoms with Crippen LogP contribution >= 0.6 is 0 Å². The van der Waals surface area contributed by atoms with Crippen LogP contribution in [0.1, 0.15) is 11.1 Å². The number of hydrogen-bond donors (Lipinski definition) is 0. The van der Waals surface area contributed by atoms with Crippen LogP contribution in [0.15, 0.2) is 388 Å². The molecule has 0 aliphatic rings. The normalized spacial score (nSPS) is 12.1. The largest absolute Gasteiger partial charge is 0.0616 e. The van der Waals surface area contributed by atoms with Crippen molar-refractivity contribution >= 4 is 172 Å². The Morgan fingerprint density at radius 3 is 0.202 bits per heavy atom. The van der Waals surface area contributed by atoms with Gasteiger partial charge in [-0.1, -0.05) is 388 Å². The maximum atomic E-state index is 2.40. The van der Waals surface area contributed by atoms with Gasteiger partial charge in [-0.05, 0) is 275 Å². The zero-order chi connectivity index (χ0) is 75.0. The maximum Gasteiger partial charge on any atom is -0.00139 e. The zero-order valence-corrected chi connectivity index (χ0v) is 63.0. The summed E-state index contributed by atoms with van der Waals surface area (Å²) < 4.78 is 0. The molecule has 24 rings (SSSR count). The molecule has 0 heterocycles. The van der Waals surface area contributed by atoms with E-state index < -0.39 is 0 Å². The Morgan fingerprint density at radius 1 is 0.0789 bits per heavy atom. The fourth-order valence-corrected chi connectivity index (χ4v) is 21.2. The lowest BCUT2D eigenvalue weighted by Gasteiger charge is -2.26. The molecule has 0 unspecified atom stereocenters. The monoisotopic (exact) mass is 1440 g/mol. The highest BCUT2D eigenvalue weighted by molar-refractivity contribution is 6.39. The Labute approximate surface area is 658 Å². The fourth-order valence-electron chi connectivity index (χ4n) is 21.2. The first-order chi connectivity index (χ1) is 56.6. The van der Waals surface area contributed by atoms with Crippen molar-refractivity contribution in [3.8, 4) is 77.9 Å². The summed E-state index contributed by atoms with van der Waals surface area (Å²) in [4.78, 5) is 0. The summed E-state index contributed by atoms with van der Waals surface area (Å²) in [5, 5.41) is 39.6. The molecule has 0 aliphatic carbocycles. The van der Waals surface area contributed by atoms with Gasteiger partial charge in [0.15, 0.2) is 0 Å². The first-order valence-electron chi connectivity index (χ1n) is 40.0. The van der Waals surface area contributed by atoms with Gasteiger partial charge in [0.2, 0.25) is 0 Å². The average Bonchev–Trinajstić information content (AvgIpc) is 0.696. The van der Waals surface area contributed by atoms with Gasteiger partial charge in [-0.15, -0.1) is 0 Å². The predicted molar refractivity (Wildman–Crippen MR) is 494 cm³/mol. The van der Waals surface area contributed by atoms with E-state index in [9.17, 15) is 0 Å². The highest BCUT2D eigenvalue weighted by atomic mass is 14.3. The van der Waals surface area contributed by atoms with E-state index in [1.165, 1.54) is 261 Å². The van der Waals surface area contributed by atoms with E-state index in [-0.39, 0.29) is 0 Å². The van der Waals surface area contributed by atoms with Crippen LogP contribution in [0.5, 0.6) is 0 Å². The molecule has 24 aromatic carbocycles. The molecular formula is C114H70. The Hall–Kier alpha value is -14.6. The van der Waals surface area contributed by atoms with Crippen LogP contribution < -0.4 is 0 Å². The molecule has 0 bridgehead atoms. The van der Waals surface area contributed by atoms with Gasteiger partial charge in [0.25, 0.3) is 0 Å². The molecule has 0 aromatic heterocycles. The van der Waals surface area contributed by atoms with Crippen molar-refractivity contribution in [3.05, 3.63) is 399 Å². The molecule has 114 heavy (non-hydrogen) atoms. The number of aryl methyl sites for hydroxylation is 2. The second-order valence-electron chi connectivity index (χ2n) is 31.2. The smallest absolute Gasteiger partial charge is 0.00139 e. The average molecular weight is 1440 g/mol. The Morgan fingerprint density at radius 2 is 0.132 bits per heavy atom. The van der Waals surface area contributed by atoms with E-state index >= 15 is 0 Å². The van der Waals surface area contributed by atoms with E-state index in [4.69, 9.17) is 0 Å². The summed E-state index contributed by atoms with van der Waals surface area (Å²) in [5.74, 6) is 0. The molecule has 0 radical (unpaired) electrons. The van der Waals surface area contributed by atoms with Gasteiger partial charge in [-0.3, -0.25) is 0 Å². The third-order valence-electron chi connectivity index (χ3n) is 25.7. The molecule has 0 heteroatoms. The van der Waals surface area contributed by atoms with Gasteiger partial charge in [-0.25, -0.2) is 0 Å². The molecule has 0 amide bonds. The molecule has 24 aromatic rings. The van der Waals surface area contributed by atoms with Crippen LogP contribution in [0.25, 0.3) is 250 Å². The van der Waals surface area contributed by atoms with E-state index in [1.54, 1.807) is 0 Å². The van der Waals surface area contributed by atoms with Crippen LogP contribution in [0.4, 0.5) is 0 Å². The highest BCUT2D eigenvalue weighted by Gasteiger charge is 2.31. The molecule has 0 spiro atoms. The van der Waals surface area contributed by atoms with Crippen LogP contribution in [-0.4, -0.2) is 0 Å². The second-order valence-corrected chi connectivity index (χ2v) is 31.2. The van der Waals surface area contributed by atoms with Crippen LogP contribution in [0.2, 0.25) is 0 Å². The summed E-state index contributed by atoms with van der Waals surface area (Å²) in [6, 6.07) is 148. The minimum atomic E-state index is 1.21. The highest BCUT2D eigenvalue weighted by Crippen LogP contribution is 2.59. The van der Waals surface area contributed by atoms with E-state index in [1.807, 2.05) is 0 Å². The minimum absolute atomic E-state index is 1.21. The Balaban J connectivity index is 0.750. The summed E-state index contributed by atoms with van der Waals surface area (Å²) in [6.07, 6.45) is 0. The van der Waals surface area contributed by atoms with Crippen LogP contribution in [0, 0.1) is 13.8 Å². The molecule has 0 N–H and O–H groups in total. The van der Waals surface area contributed by atoms with Gasteiger partial charge in [-0.2, -0.15) is 0 Å². The van der Waals surface area contributed by atoms with Crippen molar-refractivity contribution in [2.24, 2.45) is 0 Å². The Kier molecular flexibility index (Phi) is 14.1. The van der Waals surface area contributed by atoms with Gasteiger partial charge in [0.1, 0.15) is 0 Å².